The lowest BCUT2D eigenvalue weighted by atomic mass is 10.2. The number of nitrogens with one attached hydrogen (secondary N) is 1. The lowest BCUT2D eigenvalue weighted by molar-refractivity contribution is 0.174. The molecule has 0 fully saturated rings. The fraction of sp³-hybridized carbons (Fsp3) is 0.222. The maximum absolute atomic E-state index is 11.5. The first-order valence-electron chi connectivity index (χ1n) is 9.32. The number of ether oxygens (including phenoxy) is 2. The van der Waals surface area contributed by atoms with Crippen molar-refractivity contribution in [3.63, 3.8) is 0 Å². The van der Waals surface area contributed by atoms with E-state index in [1.165, 1.54) is 29.4 Å². The van der Waals surface area contributed by atoms with E-state index in [4.69, 9.17) is 15.2 Å². The smallest absolute Gasteiger partial charge is 0.231 e. The van der Waals surface area contributed by atoms with E-state index in [1.54, 1.807) is 6.20 Å². The molecule has 14 heteroatoms. The number of benzene rings is 1. The molecule has 5 rings (SSSR count). The Labute approximate surface area is 191 Å². The molecule has 32 heavy (non-hydrogen) atoms. The Balaban J connectivity index is 1.58. The number of nitrogens with zero attached hydrogens (tertiary/aromatic N) is 5. The highest BCUT2D eigenvalue weighted by Gasteiger charge is 2.23. The summed E-state index contributed by atoms with van der Waals surface area (Å²) in [5, 5.41) is 3.31. The van der Waals surface area contributed by atoms with Crippen LogP contribution in [-0.2, 0) is 16.6 Å². The van der Waals surface area contributed by atoms with Gasteiger partial charge in [0.15, 0.2) is 33.6 Å². The van der Waals surface area contributed by atoms with E-state index in [-0.39, 0.29) is 19.2 Å². The average molecular weight is 492 g/mol. The number of thiazole rings is 1. The predicted molar refractivity (Wildman–Crippen MR) is 120 cm³/mol. The van der Waals surface area contributed by atoms with Gasteiger partial charge in [0, 0.05) is 35.1 Å². The molecular weight excluding hydrogens is 474 g/mol. The van der Waals surface area contributed by atoms with Crippen molar-refractivity contribution in [3.8, 4) is 22.1 Å². The standard InChI is InChI=1S/C18H17N7O4S3/c1-32(26,27)23-2-4-25-16-14(15(19)21-8-22-16)24-18(25)31-13-7-12-11(28-9-29-12)6-10(13)17-20-3-5-30-17/h3,5-8,23H,2,4,9H2,1H3,(H2,19,21,22). The zero-order valence-electron chi connectivity index (χ0n) is 16.7. The van der Waals surface area contributed by atoms with Crippen LogP contribution in [0.4, 0.5) is 5.82 Å². The summed E-state index contributed by atoms with van der Waals surface area (Å²) in [7, 11) is -3.34. The van der Waals surface area contributed by atoms with Crippen LogP contribution in [0.2, 0.25) is 0 Å². The third-order valence-corrected chi connectivity index (χ3v) is 7.15. The molecule has 0 amide bonds. The van der Waals surface area contributed by atoms with Crippen LogP contribution in [-0.4, -0.2) is 52.5 Å². The molecule has 0 saturated heterocycles. The molecule has 3 N–H and O–H groups in total. The second-order valence-electron chi connectivity index (χ2n) is 6.78. The number of hydrogen-bond donors (Lipinski definition) is 2. The lowest BCUT2D eigenvalue weighted by Gasteiger charge is -2.11. The van der Waals surface area contributed by atoms with Gasteiger partial charge in [0.05, 0.1) is 6.26 Å². The number of fused-ring (bicyclic) bond motifs is 2. The molecule has 4 aromatic rings. The summed E-state index contributed by atoms with van der Waals surface area (Å²) in [6.45, 7) is 0.629. The zero-order valence-corrected chi connectivity index (χ0v) is 19.1. The molecule has 0 aliphatic carbocycles. The number of imidazole rings is 1. The fourth-order valence-corrected chi connectivity index (χ4v) is 5.43. The number of nitrogen functional groups attached to an aromatic ring is 1. The summed E-state index contributed by atoms with van der Waals surface area (Å²) in [5.41, 5.74) is 7.86. The fourth-order valence-electron chi connectivity index (χ4n) is 3.19. The van der Waals surface area contributed by atoms with Gasteiger partial charge in [-0.05, 0) is 12.1 Å². The van der Waals surface area contributed by atoms with Gasteiger partial charge in [-0.25, -0.2) is 33.1 Å². The Morgan fingerprint density at radius 2 is 2.06 bits per heavy atom. The molecule has 0 radical (unpaired) electrons. The highest BCUT2D eigenvalue weighted by atomic mass is 32.2. The van der Waals surface area contributed by atoms with Gasteiger partial charge < -0.3 is 19.8 Å². The summed E-state index contributed by atoms with van der Waals surface area (Å²) in [4.78, 5) is 18.3. The number of hydrogen-bond acceptors (Lipinski definition) is 11. The van der Waals surface area contributed by atoms with Crippen LogP contribution < -0.4 is 19.9 Å². The van der Waals surface area contributed by atoms with Crippen molar-refractivity contribution in [1.82, 2.24) is 29.2 Å². The van der Waals surface area contributed by atoms with Crippen molar-refractivity contribution in [3.05, 3.63) is 30.0 Å². The molecule has 0 atom stereocenters. The zero-order chi connectivity index (χ0) is 22.3. The molecule has 11 nitrogen and oxygen atoms in total. The maximum atomic E-state index is 11.5. The first-order valence-corrected chi connectivity index (χ1v) is 12.9. The number of anilines is 1. The van der Waals surface area contributed by atoms with Crippen molar-refractivity contribution in [1.29, 1.82) is 0 Å². The van der Waals surface area contributed by atoms with Crippen molar-refractivity contribution in [2.45, 2.75) is 16.6 Å². The van der Waals surface area contributed by atoms with Crippen molar-refractivity contribution < 1.29 is 17.9 Å². The summed E-state index contributed by atoms with van der Waals surface area (Å²) in [6, 6.07) is 3.78. The van der Waals surface area contributed by atoms with Crippen LogP contribution in [0.1, 0.15) is 0 Å². The molecule has 3 aromatic heterocycles. The van der Waals surface area contributed by atoms with Gasteiger partial charge in [0.2, 0.25) is 16.8 Å². The molecule has 0 bridgehead atoms. The minimum atomic E-state index is -3.34. The van der Waals surface area contributed by atoms with Gasteiger partial charge in [0.25, 0.3) is 0 Å². The Kier molecular flexibility index (Phi) is 5.36. The third kappa shape index (κ3) is 4.09. The van der Waals surface area contributed by atoms with Crippen LogP contribution in [0.25, 0.3) is 21.7 Å². The van der Waals surface area contributed by atoms with E-state index in [0.29, 0.717) is 34.4 Å². The lowest BCUT2D eigenvalue weighted by Crippen LogP contribution is -2.26. The van der Waals surface area contributed by atoms with Gasteiger partial charge in [-0.3, -0.25) is 0 Å². The quantitative estimate of drug-likeness (QED) is 0.393. The number of nitrogens with two attached hydrogens (primary N) is 1. The Morgan fingerprint density at radius 3 is 2.81 bits per heavy atom. The first kappa shape index (κ1) is 20.9. The van der Waals surface area contributed by atoms with E-state index in [0.717, 1.165) is 21.7 Å². The van der Waals surface area contributed by atoms with Crippen LogP contribution in [0.15, 0.2) is 40.1 Å². The largest absolute Gasteiger partial charge is 0.454 e. The molecular formula is C18H17N7O4S3. The van der Waals surface area contributed by atoms with Gasteiger partial charge in [-0.15, -0.1) is 11.3 Å². The van der Waals surface area contributed by atoms with E-state index < -0.39 is 10.0 Å². The number of aromatic nitrogens is 5. The third-order valence-electron chi connectivity index (χ3n) is 4.56. The van der Waals surface area contributed by atoms with Gasteiger partial charge >= 0.3 is 0 Å². The summed E-state index contributed by atoms with van der Waals surface area (Å²) >= 11 is 2.89. The second kappa shape index (κ2) is 8.20. The van der Waals surface area contributed by atoms with Gasteiger partial charge in [-0.2, -0.15) is 0 Å². The average Bonchev–Trinajstić information content (AvgIpc) is 3.48. The van der Waals surface area contributed by atoms with Crippen LogP contribution in [0.3, 0.4) is 0 Å². The topological polar surface area (TPSA) is 147 Å². The Morgan fingerprint density at radius 1 is 1.25 bits per heavy atom. The molecule has 0 saturated carbocycles. The highest BCUT2D eigenvalue weighted by Crippen LogP contribution is 2.45. The van der Waals surface area contributed by atoms with E-state index in [9.17, 15) is 8.42 Å². The number of rotatable bonds is 7. The van der Waals surface area contributed by atoms with E-state index in [1.807, 2.05) is 22.1 Å². The normalized spacial score (nSPS) is 13.2. The number of sulfonamides is 1. The minimum Gasteiger partial charge on any atom is -0.454 e. The maximum Gasteiger partial charge on any atom is 0.231 e. The molecule has 0 unspecified atom stereocenters. The predicted octanol–water partition coefficient (Wildman–Crippen LogP) is 1.96. The van der Waals surface area contributed by atoms with Gasteiger partial charge in [0.1, 0.15) is 11.3 Å². The molecule has 1 aliphatic rings. The van der Waals surface area contributed by atoms with Crippen molar-refractivity contribution >= 4 is 50.1 Å². The highest BCUT2D eigenvalue weighted by molar-refractivity contribution is 7.99. The summed E-state index contributed by atoms with van der Waals surface area (Å²) in [5.74, 6) is 1.53. The van der Waals surface area contributed by atoms with Crippen molar-refractivity contribution in [2.75, 3.05) is 25.3 Å². The Hall–Kier alpha value is -2.94. The van der Waals surface area contributed by atoms with Crippen LogP contribution in [0.5, 0.6) is 11.5 Å². The van der Waals surface area contributed by atoms with Gasteiger partial charge in [-0.1, -0.05) is 11.8 Å². The van der Waals surface area contributed by atoms with Crippen LogP contribution in [0, 0.1) is 0 Å². The first-order chi connectivity index (χ1) is 15.4. The molecule has 4 heterocycles. The van der Waals surface area contributed by atoms with Crippen LogP contribution >= 0.6 is 23.1 Å². The molecule has 1 aromatic carbocycles. The van der Waals surface area contributed by atoms with Crippen molar-refractivity contribution in [2.24, 2.45) is 0 Å². The van der Waals surface area contributed by atoms with E-state index >= 15 is 0 Å². The monoisotopic (exact) mass is 491 g/mol. The summed E-state index contributed by atoms with van der Waals surface area (Å²) < 4.78 is 38.4. The summed E-state index contributed by atoms with van der Waals surface area (Å²) in [6.07, 6.45) is 4.21. The minimum absolute atomic E-state index is 0.155. The Bertz CT molecular complexity index is 1400. The second-order valence-corrected chi connectivity index (χ2v) is 10.5. The molecule has 0 spiro atoms. The molecule has 1 aliphatic heterocycles. The molecule has 166 valence electrons. The van der Waals surface area contributed by atoms with E-state index in [2.05, 4.69) is 24.7 Å². The SMILES string of the molecule is CS(=O)(=O)NCCn1c(Sc2cc3c(cc2-c2nccs2)OCO3)nc2c(N)ncnc21.